The van der Waals surface area contributed by atoms with E-state index in [2.05, 4.69) is 41.1 Å². The molecule has 4 rings (SSSR count). The van der Waals surface area contributed by atoms with Gasteiger partial charge in [-0.2, -0.15) is 0 Å². The molecule has 2 aliphatic carbocycles. The van der Waals surface area contributed by atoms with Gasteiger partial charge in [0.15, 0.2) is 0 Å². The molecular formula is C23H38Cl2N4O. The van der Waals surface area contributed by atoms with Crippen molar-refractivity contribution in [1.82, 2.24) is 10.2 Å². The SMILES string of the molecule is CC(C)N1CCN(c2ccc(C(=O)NC3C4CCCC3CC(N)C4)cc2)CC1.Cl.Cl. The van der Waals surface area contributed by atoms with E-state index in [1.165, 1.54) is 24.9 Å². The number of carbonyl (C=O) groups excluding carboxylic acids is 1. The standard InChI is InChI=1S/C23H36N4O.2ClH/c1-16(2)26-10-12-27(13-11-26)21-8-6-17(7-9-21)23(28)25-22-18-4-3-5-19(22)15-20(24)14-18;;/h6-9,16,18-20,22H,3-5,10-15,24H2,1-2H3,(H,25,28);2*1H. The van der Waals surface area contributed by atoms with Crippen LogP contribution in [0, 0.1) is 11.8 Å². The number of hydrogen-bond donors (Lipinski definition) is 2. The van der Waals surface area contributed by atoms with Gasteiger partial charge in [-0.15, -0.1) is 24.8 Å². The van der Waals surface area contributed by atoms with Gasteiger partial charge in [-0.25, -0.2) is 0 Å². The molecule has 3 aliphatic rings. The second-order valence-electron chi connectivity index (χ2n) is 9.35. The minimum absolute atomic E-state index is 0. The first-order chi connectivity index (χ1) is 13.5. The fraction of sp³-hybridized carbons (Fsp3) is 0.696. The lowest BCUT2D eigenvalue weighted by Crippen LogP contribution is -2.53. The lowest BCUT2D eigenvalue weighted by molar-refractivity contribution is 0.0756. The van der Waals surface area contributed by atoms with E-state index in [0.29, 0.717) is 30.0 Å². The van der Waals surface area contributed by atoms with Gasteiger partial charge in [0.1, 0.15) is 0 Å². The summed E-state index contributed by atoms with van der Waals surface area (Å²) in [6, 6.07) is 9.44. The van der Waals surface area contributed by atoms with Crippen LogP contribution in [-0.4, -0.2) is 55.1 Å². The Morgan fingerprint density at radius 3 is 2.10 bits per heavy atom. The molecule has 1 aliphatic heterocycles. The van der Waals surface area contributed by atoms with Crippen LogP contribution < -0.4 is 16.0 Å². The minimum Gasteiger partial charge on any atom is -0.369 e. The van der Waals surface area contributed by atoms with E-state index in [1.54, 1.807) is 0 Å². The van der Waals surface area contributed by atoms with E-state index < -0.39 is 0 Å². The number of nitrogens with zero attached hydrogens (tertiary/aromatic N) is 2. The topological polar surface area (TPSA) is 61.6 Å². The van der Waals surface area contributed by atoms with E-state index in [-0.39, 0.29) is 30.7 Å². The van der Waals surface area contributed by atoms with Crippen molar-refractivity contribution >= 4 is 36.4 Å². The van der Waals surface area contributed by atoms with Crippen LogP contribution in [0.25, 0.3) is 0 Å². The second-order valence-corrected chi connectivity index (χ2v) is 9.35. The number of benzene rings is 1. The molecule has 0 aromatic heterocycles. The summed E-state index contributed by atoms with van der Waals surface area (Å²) in [6.45, 7) is 8.83. The highest BCUT2D eigenvalue weighted by molar-refractivity contribution is 5.94. The van der Waals surface area contributed by atoms with Crippen LogP contribution in [0.2, 0.25) is 0 Å². The summed E-state index contributed by atoms with van der Waals surface area (Å²) in [4.78, 5) is 17.8. The quantitative estimate of drug-likeness (QED) is 0.724. The summed E-state index contributed by atoms with van der Waals surface area (Å²) in [6.07, 6.45) is 5.81. The number of nitrogens with two attached hydrogens (primary N) is 1. The fourth-order valence-corrected chi connectivity index (χ4v) is 5.58. The molecule has 2 atom stereocenters. The van der Waals surface area contributed by atoms with Crippen molar-refractivity contribution < 1.29 is 4.79 Å². The molecule has 1 aromatic rings. The Hall–Kier alpha value is -1.01. The van der Waals surface area contributed by atoms with Crippen molar-refractivity contribution in [2.75, 3.05) is 31.1 Å². The molecule has 3 fully saturated rings. The Morgan fingerprint density at radius 2 is 1.57 bits per heavy atom. The Balaban J connectivity index is 0.00000160. The Labute approximate surface area is 193 Å². The highest BCUT2D eigenvalue weighted by atomic mass is 35.5. The molecule has 2 bridgehead atoms. The maximum atomic E-state index is 12.9. The zero-order valence-corrected chi connectivity index (χ0v) is 19.9. The third-order valence-corrected chi connectivity index (χ3v) is 7.21. The normalized spacial score (nSPS) is 29.0. The van der Waals surface area contributed by atoms with Crippen LogP contribution in [0.5, 0.6) is 0 Å². The number of carbonyl (C=O) groups is 1. The first-order valence-corrected chi connectivity index (χ1v) is 11.2. The van der Waals surface area contributed by atoms with E-state index in [4.69, 9.17) is 5.73 Å². The minimum atomic E-state index is 0. The number of anilines is 1. The van der Waals surface area contributed by atoms with Crippen LogP contribution in [0.3, 0.4) is 0 Å². The molecule has 1 amide bonds. The van der Waals surface area contributed by atoms with E-state index in [9.17, 15) is 4.79 Å². The zero-order chi connectivity index (χ0) is 19.7. The van der Waals surface area contributed by atoms with Gasteiger partial charge < -0.3 is 16.0 Å². The van der Waals surface area contributed by atoms with Crippen molar-refractivity contribution in [2.24, 2.45) is 17.6 Å². The molecule has 170 valence electrons. The fourth-order valence-electron chi connectivity index (χ4n) is 5.58. The van der Waals surface area contributed by atoms with Gasteiger partial charge in [0.2, 0.25) is 0 Å². The molecule has 1 heterocycles. The van der Waals surface area contributed by atoms with E-state index in [1.807, 2.05) is 12.1 Å². The van der Waals surface area contributed by atoms with Crippen LogP contribution in [0.4, 0.5) is 5.69 Å². The van der Waals surface area contributed by atoms with Gasteiger partial charge in [0.05, 0.1) is 0 Å². The molecule has 1 saturated heterocycles. The van der Waals surface area contributed by atoms with Crippen molar-refractivity contribution in [3.63, 3.8) is 0 Å². The average molecular weight is 457 g/mol. The zero-order valence-electron chi connectivity index (χ0n) is 18.3. The number of fused-ring (bicyclic) bond motifs is 2. The van der Waals surface area contributed by atoms with E-state index >= 15 is 0 Å². The average Bonchev–Trinajstić information content (AvgIpc) is 2.69. The van der Waals surface area contributed by atoms with Crippen LogP contribution in [0.1, 0.15) is 56.3 Å². The highest BCUT2D eigenvalue weighted by Gasteiger charge is 2.39. The van der Waals surface area contributed by atoms with Crippen molar-refractivity contribution in [3.05, 3.63) is 29.8 Å². The first-order valence-electron chi connectivity index (χ1n) is 11.2. The molecule has 0 radical (unpaired) electrons. The Bertz CT molecular complexity index is 662. The van der Waals surface area contributed by atoms with Gasteiger partial charge >= 0.3 is 0 Å². The molecular weight excluding hydrogens is 419 g/mol. The summed E-state index contributed by atoms with van der Waals surface area (Å²) in [5.41, 5.74) is 8.22. The third kappa shape index (κ3) is 5.61. The van der Waals surface area contributed by atoms with Gasteiger partial charge in [-0.1, -0.05) is 6.42 Å². The number of hydrogen-bond acceptors (Lipinski definition) is 4. The summed E-state index contributed by atoms with van der Waals surface area (Å²) in [5, 5.41) is 3.36. The molecule has 5 nitrogen and oxygen atoms in total. The monoisotopic (exact) mass is 456 g/mol. The van der Waals surface area contributed by atoms with Gasteiger partial charge in [-0.3, -0.25) is 9.69 Å². The maximum absolute atomic E-state index is 12.9. The van der Waals surface area contributed by atoms with Crippen molar-refractivity contribution in [3.8, 4) is 0 Å². The molecule has 30 heavy (non-hydrogen) atoms. The van der Waals surface area contributed by atoms with E-state index in [0.717, 1.165) is 44.6 Å². The molecule has 2 saturated carbocycles. The molecule has 1 aromatic carbocycles. The van der Waals surface area contributed by atoms with Gasteiger partial charge in [0.25, 0.3) is 5.91 Å². The number of amides is 1. The number of halogens is 2. The molecule has 3 N–H and O–H groups in total. The van der Waals surface area contributed by atoms with Crippen molar-refractivity contribution in [2.45, 2.75) is 64.1 Å². The van der Waals surface area contributed by atoms with Crippen molar-refractivity contribution in [1.29, 1.82) is 0 Å². The molecule has 2 unspecified atom stereocenters. The third-order valence-electron chi connectivity index (χ3n) is 7.21. The summed E-state index contributed by atoms with van der Waals surface area (Å²) >= 11 is 0. The predicted molar refractivity (Wildman–Crippen MR) is 129 cm³/mol. The lowest BCUT2D eigenvalue weighted by Gasteiger charge is -2.45. The Kier molecular flexibility index (Phi) is 9.29. The van der Waals surface area contributed by atoms with Crippen LogP contribution in [-0.2, 0) is 0 Å². The predicted octanol–water partition coefficient (Wildman–Crippen LogP) is 3.70. The largest absolute Gasteiger partial charge is 0.369 e. The number of nitrogens with one attached hydrogen (secondary N) is 1. The number of rotatable bonds is 4. The Morgan fingerprint density at radius 1 is 1.00 bits per heavy atom. The van der Waals surface area contributed by atoms with Crippen LogP contribution >= 0.6 is 24.8 Å². The first kappa shape index (κ1) is 25.3. The number of piperazine rings is 1. The second kappa shape index (κ2) is 11.0. The van der Waals surface area contributed by atoms with Crippen LogP contribution in [0.15, 0.2) is 24.3 Å². The molecule has 7 heteroatoms. The van der Waals surface area contributed by atoms with Gasteiger partial charge in [0, 0.05) is 55.6 Å². The summed E-state index contributed by atoms with van der Waals surface area (Å²) in [7, 11) is 0. The lowest BCUT2D eigenvalue weighted by atomic mass is 9.67. The molecule has 0 spiro atoms. The maximum Gasteiger partial charge on any atom is 0.251 e. The van der Waals surface area contributed by atoms with Gasteiger partial charge in [-0.05, 0) is 75.6 Å². The summed E-state index contributed by atoms with van der Waals surface area (Å²) < 4.78 is 0. The highest BCUT2D eigenvalue weighted by Crippen LogP contribution is 2.39. The smallest absolute Gasteiger partial charge is 0.251 e. The summed E-state index contributed by atoms with van der Waals surface area (Å²) in [5.74, 6) is 1.19.